The van der Waals surface area contributed by atoms with Crippen LogP contribution in [0.15, 0.2) is 36.4 Å². The van der Waals surface area contributed by atoms with Crippen LogP contribution in [0, 0.1) is 17.0 Å². The zero-order valence-electron chi connectivity index (χ0n) is 14.7. The number of rotatable bonds is 5. The van der Waals surface area contributed by atoms with E-state index in [1.165, 1.54) is 36.2 Å². The SMILES string of the molecule is Cc1cc(C(=O)O[C@H](C)C(=O)c2ccc3c(c2)CCC3)ccc1[N+](=O)[O-]. The van der Waals surface area contributed by atoms with Gasteiger partial charge in [0.15, 0.2) is 6.10 Å². The van der Waals surface area contributed by atoms with Crippen molar-refractivity contribution in [3.05, 3.63) is 74.3 Å². The predicted molar refractivity (Wildman–Crippen MR) is 95.5 cm³/mol. The normalized spacial score (nSPS) is 13.8. The van der Waals surface area contributed by atoms with Crippen LogP contribution in [-0.2, 0) is 17.6 Å². The highest BCUT2D eigenvalue weighted by Crippen LogP contribution is 2.24. The number of Topliss-reactive ketones (excluding diaryl/α,β-unsaturated/α-hetero) is 1. The first-order valence-corrected chi connectivity index (χ1v) is 8.49. The number of nitro benzene ring substituents is 1. The highest BCUT2D eigenvalue weighted by molar-refractivity contribution is 6.01. The number of carbonyl (C=O) groups is 2. The topological polar surface area (TPSA) is 86.5 Å². The van der Waals surface area contributed by atoms with Crippen molar-refractivity contribution in [3.63, 3.8) is 0 Å². The number of hydrogen-bond donors (Lipinski definition) is 0. The van der Waals surface area contributed by atoms with Crippen molar-refractivity contribution in [2.75, 3.05) is 0 Å². The first kappa shape index (κ1) is 17.8. The molecule has 1 aliphatic carbocycles. The Hall–Kier alpha value is -3.02. The van der Waals surface area contributed by atoms with Crippen LogP contribution in [0.25, 0.3) is 0 Å². The summed E-state index contributed by atoms with van der Waals surface area (Å²) >= 11 is 0. The molecule has 1 atom stereocenters. The number of fused-ring (bicyclic) bond motifs is 1. The van der Waals surface area contributed by atoms with Gasteiger partial charge in [-0.25, -0.2) is 4.79 Å². The summed E-state index contributed by atoms with van der Waals surface area (Å²) < 4.78 is 5.27. The minimum atomic E-state index is -0.933. The van der Waals surface area contributed by atoms with Gasteiger partial charge in [0.1, 0.15) is 0 Å². The number of carbonyl (C=O) groups excluding carboxylic acids is 2. The van der Waals surface area contributed by atoms with Gasteiger partial charge < -0.3 is 4.74 Å². The summed E-state index contributed by atoms with van der Waals surface area (Å²) in [6.07, 6.45) is 2.16. The summed E-state index contributed by atoms with van der Waals surface area (Å²) in [6.45, 7) is 3.08. The molecular weight excluding hydrogens is 334 g/mol. The fraction of sp³-hybridized carbons (Fsp3) is 0.300. The fourth-order valence-electron chi connectivity index (χ4n) is 3.23. The van der Waals surface area contributed by atoms with Crippen LogP contribution in [0.5, 0.6) is 0 Å². The van der Waals surface area contributed by atoms with Crippen molar-refractivity contribution in [2.45, 2.75) is 39.2 Å². The number of esters is 1. The Morgan fingerprint density at radius 1 is 1.08 bits per heavy atom. The van der Waals surface area contributed by atoms with Gasteiger partial charge in [0, 0.05) is 17.2 Å². The molecule has 0 unspecified atom stereocenters. The van der Waals surface area contributed by atoms with E-state index in [-0.39, 0.29) is 17.0 Å². The number of nitro groups is 1. The molecule has 0 bridgehead atoms. The van der Waals surface area contributed by atoms with Gasteiger partial charge in [-0.1, -0.05) is 12.1 Å². The van der Waals surface area contributed by atoms with Gasteiger partial charge in [0.05, 0.1) is 10.5 Å². The Morgan fingerprint density at radius 2 is 1.77 bits per heavy atom. The van der Waals surface area contributed by atoms with Gasteiger partial charge in [-0.15, -0.1) is 0 Å². The lowest BCUT2D eigenvalue weighted by Crippen LogP contribution is -2.24. The van der Waals surface area contributed by atoms with E-state index >= 15 is 0 Å². The van der Waals surface area contributed by atoms with Crippen molar-refractivity contribution in [1.82, 2.24) is 0 Å². The van der Waals surface area contributed by atoms with Gasteiger partial charge in [-0.2, -0.15) is 0 Å². The van der Waals surface area contributed by atoms with Crippen LogP contribution in [0.2, 0.25) is 0 Å². The average molecular weight is 353 g/mol. The number of nitrogens with zero attached hydrogens (tertiary/aromatic N) is 1. The third-order valence-corrected chi connectivity index (χ3v) is 4.67. The minimum absolute atomic E-state index is 0.0659. The second-order valence-corrected chi connectivity index (χ2v) is 6.51. The number of ether oxygens (including phenoxy) is 1. The Balaban J connectivity index is 1.72. The van der Waals surface area contributed by atoms with Gasteiger partial charge in [-0.3, -0.25) is 14.9 Å². The Morgan fingerprint density at radius 3 is 2.46 bits per heavy atom. The van der Waals surface area contributed by atoms with E-state index in [2.05, 4.69) is 0 Å². The third kappa shape index (κ3) is 3.49. The van der Waals surface area contributed by atoms with Gasteiger partial charge >= 0.3 is 5.97 Å². The molecule has 0 N–H and O–H groups in total. The van der Waals surface area contributed by atoms with Gasteiger partial charge in [0.25, 0.3) is 5.69 Å². The highest BCUT2D eigenvalue weighted by Gasteiger charge is 2.23. The summed E-state index contributed by atoms with van der Waals surface area (Å²) in [5, 5.41) is 10.9. The maximum Gasteiger partial charge on any atom is 0.338 e. The zero-order chi connectivity index (χ0) is 18.8. The van der Waals surface area contributed by atoms with Crippen LogP contribution >= 0.6 is 0 Å². The summed E-state index contributed by atoms with van der Waals surface area (Å²) in [4.78, 5) is 35.2. The van der Waals surface area contributed by atoms with E-state index in [1.54, 1.807) is 13.0 Å². The maximum atomic E-state index is 12.6. The molecule has 134 valence electrons. The lowest BCUT2D eigenvalue weighted by Gasteiger charge is -2.13. The largest absolute Gasteiger partial charge is 0.451 e. The number of hydrogen-bond acceptors (Lipinski definition) is 5. The Labute approximate surface area is 150 Å². The number of benzene rings is 2. The van der Waals surface area contributed by atoms with Crippen LogP contribution < -0.4 is 0 Å². The smallest absolute Gasteiger partial charge is 0.338 e. The first-order chi connectivity index (χ1) is 12.4. The molecule has 0 saturated heterocycles. The molecule has 6 nitrogen and oxygen atoms in total. The van der Waals surface area contributed by atoms with Gasteiger partial charge in [-0.05, 0) is 62.4 Å². The van der Waals surface area contributed by atoms with Gasteiger partial charge in [0.2, 0.25) is 5.78 Å². The quantitative estimate of drug-likeness (QED) is 0.353. The molecule has 0 amide bonds. The van der Waals surface area contributed by atoms with Crippen molar-refractivity contribution in [1.29, 1.82) is 0 Å². The number of ketones is 1. The molecule has 0 aliphatic heterocycles. The predicted octanol–water partition coefficient (Wildman–Crippen LogP) is 3.82. The van der Waals surface area contributed by atoms with Crippen molar-refractivity contribution >= 4 is 17.4 Å². The molecule has 2 aromatic carbocycles. The lowest BCUT2D eigenvalue weighted by atomic mass is 10.0. The summed E-state index contributed by atoms with van der Waals surface area (Å²) in [5.41, 5.74) is 3.46. The average Bonchev–Trinajstić information content (AvgIpc) is 3.08. The van der Waals surface area contributed by atoms with Crippen molar-refractivity contribution in [2.24, 2.45) is 0 Å². The van der Waals surface area contributed by atoms with Crippen LogP contribution in [0.4, 0.5) is 5.69 Å². The molecule has 0 heterocycles. The van der Waals surface area contributed by atoms with E-state index in [0.717, 1.165) is 19.3 Å². The molecule has 2 aromatic rings. The van der Waals surface area contributed by atoms with Crippen molar-refractivity contribution < 1.29 is 19.2 Å². The first-order valence-electron chi connectivity index (χ1n) is 8.49. The molecule has 0 saturated carbocycles. The summed E-state index contributed by atoms with van der Waals surface area (Å²) in [5.74, 6) is -0.934. The molecule has 26 heavy (non-hydrogen) atoms. The van der Waals surface area contributed by atoms with E-state index in [0.29, 0.717) is 11.1 Å². The fourth-order valence-corrected chi connectivity index (χ4v) is 3.23. The van der Waals surface area contributed by atoms with Crippen LogP contribution in [0.3, 0.4) is 0 Å². The Kier molecular flexibility index (Phi) is 4.84. The van der Waals surface area contributed by atoms with Crippen LogP contribution in [0.1, 0.15) is 50.8 Å². The monoisotopic (exact) mass is 353 g/mol. The summed E-state index contributed by atoms with van der Waals surface area (Å²) in [6, 6.07) is 9.60. The molecule has 6 heteroatoms. The molecule has 0 aromatic heterocycles. The highest BCUT2D eigenvalue weighted by atomic mass is 16.6. The molecule has 3 rings (SSSR count). The van der Waals surface area contributed by atoms with E-state index in [1.807, 2.05) is 12.1 Å². The molecule has 0 spiro atoms. The summed E-state index contributed by atoms with van der Waals surface area (Å²) in [7, 11) is 0. The van der Waals surface area contributed by atoms with E-state index < -0.39 is 17.0 Å². The number of aryl methyl sites for hydroxylation is 3. The molecule has 1 aliphatic rings. The maximum absolute atomic E-state index is 12.6. The standard InChI is InChI=1S/C20H19NO5/c1-12-10-17(8-9-18(12)21(24)25)20(23)26-13(2)19(22)16-7-6-14-4-3-5-15(14)11-16/h6-11,13H,3-5H2,1-2H3/t13-/m1/s1. The second kappa shape index (κ2) is 7.07. The minimum Gasteiger partial charge on any atom is -0.451 e. The van der Waals surface area contributed by atoms with E-state index in [9.17, 15) is 19.7 Å². The lowest BCUT2D eigenvalue weighted by molar-refractivity contribution is -0.385. The molecule has 0 radical (unpaired) electrons. The van der Waals surface area contributed by atoms with Crippen molar-refractivity contribution in [3.8, 4) is 0 Å². The Bertz CT molecular complexity index is 903. The molecular formula is C20H19NO5. The third-order valence-electron chi connectivity index (χ3n) is 4.67. The zero-order valence-corrected chi connectivity index (χ0v) is 14.7. The molecule has 0 fully saturated rings. The van der Waals surface area contributed by atoms with Crippen LogP contribution in [-0.4, -0.2) is 22.8 Å². The van der Waals surface area contributed by atoms with E-state index in [4.69, 9.17) is 4.74 Å². The second-order valence-electron chi connectivity index (χ2n) is 6.51.